The summed E-state index contributed by atoms with van der Waals surface area (Å²) in [4.78, 5) is 4.51. The maximum absolute atomic E-state index is 4.51. The highest BCUT2D eigenvalue weighted by atomic mass is 15.3. The Kier molecular flexibility index (Phi) is 2.43. The van der Waals surface area contributed by atoms with Gasteiger partial charge in [0.1, 0.15) is 0 Å². The monoisotopic (exact) mass is 258 g/mol. The van der Waals surface area contributed by atoms with Crippen LogP contribution in [-0.4, -0.2) is 21.1 Å². The molecule has 4 nitrogen and oxygen atoms in total. The van der Waals surface area contributed by atoms with Gasteiger partial charge in [-0.1, -0.05) is 27.7 Å². The van der Waals surface area contributed by atoms with Crippen molar-refractivity contribution in [1.29, 1.82) is 0 Å². The number of pyridine rings is 1. The third-order valence-corrected chi connectivity index (χ3v) is 5.28. The highest BCUT2D eigenvalue weighted by Crippen LogP contribution is 2.68. The lowest BCUT2D eigenvalue weighted by Gasteiger charge is -2.04. The van der Waals surface area contributed by atoms with Gasteiger partial charge in [-0.3, -0.25) is 0 Å². The van der Waals surface area contributed by atoms with E-state index in [1.54, 1.807) is 0 Å². The second-order valence-electron chi connectivity index (χ2n) is 6.82. The number of nitrogens with one attached hydrogen (secondary N) is 1. The quantitative estimate of drug-likeness (QED) is 0.919. The molecule has 0 amide bonds. The first-order valence-electron chi connectivity index (χ1n) is 6.89. The smallest absolute Gasteiger partial charge is 0.243 e. The maximum atomic E-state index is 4.51. The number of rotatable bonds is 3. The molecule has 1 N–H and O–H groups in total. The molecular weight excluding hydrogens is 236 g/mol. The second kappa shape index (κ2) is 3.71. The van der Waals surface area contributed by atoms with Gasteiger partial charge in [-0.15, -0.1) is 5.10 Å². The van der Waals surface area contributed by atoms with Gasteiger partial charge in [0.05, 0.1) is 0 Å². The number of aryl methyl sites for hydroxylation is 1. The fourth-order valence-electron chi connectivity index (χ4n) is 3.10. The van der Waals surface area contributed by atoms with Crippen LogP contribution >= 0.6 is 0 Å². The standard InChI is InChI=1S/C15H22N4/c1-10-6-7-19-12(8-10)17-13(18-19)16-9-11-14(2,3)15(11,4)5/h6-8,11H,9H2,1-5H3,(H,16,18). The normalized spacial score (nSPS) is 20.7. The molecule has 1 aliphatic rings. The van der Waals surface area contributed by atoms with Crippen molar-refractivity contribution in [3.05, 3.63) is 23.9 Å². The Labute approximate surface area is 114 Å². The highest BCUT2D eigenvalue weighted by Gasteiger charge is 2.64. The summed E-state index contributed by atoms with van der Waals surface area (Å²) in [5, 5.41) is 7.83. The summed E-state index contributed by atoms with van der Waals surface area (Å²) in [5.74, 6) is 1.40. The van der Waals surface area contributed by atoms with E-state index in [4.69, 9.17) is 0 Å². The van der Waals surface area contributed by atoms with Gasteiger partial charge in [0, 0.05) is 12.7 Å². The third kappa shape index (κ3) is 1.81. The molecule has 102 valence electrons. The third-order valence-electron chi connectivity index (χ3n) is 5.28. The summed E-state index contributed by atoms with van der Waals surface area (Å²) >= 11 is 0. The Balaban J connectivity index is 1.73. The molecule has 3 rings (SSSR count). The average molecular weight is 258 g/mol. The van der Waals surface area contributed by atoms with Crippen LogP contribution in [0.3, 0.4) is 0 Å². The molecule has 0 bridgehead atoms. The van der Waals surface area contributed by atoms with Crippen LogP contribution in [0.2, 0.25) is 0 Å². The van der Waals surface area contributed by atoms with E-state index in [2.05, 4.69) is 50.0 Å². The van der Waals surface area contributed by atoms with Crippen molar-refractivity contribution >= 4 is 11.6 Å². The average Bonchev–Trinajstić information content (AvgIpc) is 2.63. The molecule has 0 radical (unpaired) electrons. The molecule has 0 aliphatic heterocycles. The van der Waals surface area contributed by atoms with Crippen LogP contribution in [0.5, 0.6) is 0 Å². The topological polar surface area (TPSA) is 42.2 Å². The first kappa shape index (κ1) is 12.5. The van der Waals surface area contributed by atoms with Crippen LogP contribution in [-0.2, 0) is 0 Å². The van der Waals surface area contributed by atoms with Gasteiger partial charge >= 0.3 is 0 Å². The van der Waals surface area contributed by atoms with E-state index in [1.165, 1.54) is 5.56 Å². The largest absolute Gasteiger partial charge is 0.353 e. The van der Waals surface area contributed by atoms with Gasteiger partial charge in [-0.2, -0.15) is 4.98 Å². The Bertz CT molecular complexity index is 610. The van der Waals surface area contributed by atoms with Crippen molar-refractivity contribution in [3.63, 3.8) is 0 Å². The van der Waals surface area contributed by atoms with Crippen molar-refractivity contribution in [3.8, 4) is 0 Å². The summed E-state index contributed by atoms with van der Waals surface area (Å²) < 4.78 is 1.82. The Morgan fingerprint density at radius 1 is 1.26 bits per heavy atom. The molecule has 0 atom stereocenters. The van der Waals surface area contributed by atoms with E-state index in [-0.39, 0.29) is 0 Å². The molecule has 0 unspecified atom stereocenters. The molecule has 2 heterocycles. The summed E-state index contributed by atoms with van der Waals surface area (Å²) in [6, 6.07) is 4.09. The lowest BCUT2D eigenvalue weighted by atomic mass is 10.0. The fourth-order valence-corrected chi connectivity index (χ4v) is 3.10. The van der Waals surface area contributed by atoms with Crippen LogP contribution in [0.1, 0.15) is 33.3 Å². The molecule has 1 saturated carbocycles. The van der Waals surface area contributed by atoms with E-state index in [0.29, 0.717) is 16.7 Å². The van der Waals surface area contributed by atoms with Gasteiger partial charge in [-0.25, -0.2) is 4.52 Å². The fraction of sp³-hybridized carbons (Fsp3) is 0.600. The van der Waals surface area contributed by atoms with Crippen molar-refractivity contribution < 1.29 is 0 Å². The molecular formula is C15H22N4. The second-order valence-corrected chi connectivity index (χ2v) is 6.82. The number of aromatic nitrogens is 3. The van der Waals surface area contributed by atoms with Crippen molar-refractivity contribution in [1.82, 2.24) is 14.6 Å². The minimum Gasteiger partial charge on any atom is -0.353 e. The lowest BCUT2D eigenvalue weighted by Crippen LogP contribution is -2.09. The highest BCUT2D eigenvalue weighted by molar-refractivity contribution is 5.45. The molecule has 0 aromatic carbocycles. The van der Waals surface area contributed by atoms with Crippen LogP contribution in [0.15, 0.2) is 18.3 Å². The summed E-state index contributed by atoms with van der Waals surface area (Å²) in [6.07, 6.45) is 1.95. The van der Waals surface area contributed by atoms with Crippen LogP contribution in [0.4, 0.5) is 5.95 Å². The summed E-state index contributed by atoms with van der Waals surface area (Å²) in [5.41, 5.74) is 2.90. The number of anilines is 1. The minimum absolute atomic E-state index is 0.399. The first-order valence-corrected chi connectivity index (χ1v) is 6.89. The zero-order chi connectivity index (χ0) is 13.8. The molecule has 4 heteroatoms. The van der Waals surface area contributed by atoms with Gasteiger partial charge in [0.15, 0.2) is 5.65 Å². The zero-order valence-electron chi connectivity index (χ0n) is 12.4. The van der Waals surface area contributed by atoms with Gasteiger partial charge in [0.25, 0.3) is 0 Å². The van der Waals surface area contributed by atoms with Crippen molar-refractivity contribution in [2.24, 2.45) is 16.7 Å². The first-order chi connectivity index (χ1) is 8.82. The Hall–Kier alpha value is -1.58. The number of fused-ring (bicyclic) bond motifs is 1. The maximum Gasteiger partial charge on any atom is 0.243 e. The lowest BCUT2D eigenvalue weighted by molar-refractivity contribution is 0.457. The minimum atomic E-state index is 0.399. The molecule has 2 aromatic heterocycles. The van der Waals surface area contributed by atoms with E-state index in [0.717, 1.165) is 18.1 Å². The summed E-state index contributed by atoms with van der Waals surface area (Å²) in [6.45, 7) is 12.3. The van der Waals surface area contributed by atoms with E-state index >= 15 is 0 Å². The van der Waals surface area contributed by atoms with E-state index in [9.17, 15) is 0 Å². The molecule has 19 heavy (non-hydrogen) atoms. The predicted molar refractivity (Wildman–Crippen MR) is 77.3 cm³/mol. The molecule has 0 saturated heterocycles. The van der Waals surface area contributed by atoms with Gasteiger partial charge in [-0.05, 0) is 41.4 Å². The molecule has 2 aromatic rings. The zero-order valence-corrected chi connectivity index (χ0v) is 12.4. The Morgan fingerprint density at radius 2 is 1.95 bits per heavy atom. The van der Waals surface area contributed by atoms with Crippen LogP contribution in [0, 0.1) is 23.7 Å². The van der Waals surface area contributed by atoms with Crippen molar-refractivity contribution in [2.45, 2.75) is 34.6 Å². The van der Waals surface area contributed by atoms with Gasteiger partial charge in [0.2, 0.25) is 5.95 Å². The van der Waals surface area contributed by atoms with Gasteiger partial charge < -0.3 is 5.32 Å². The molecule has 1 fully saturated rings. The van der Waals surface area contributed by atoms with E-state index in [1.807, 2.05) is 22.8 Å². The summed E-state index contributed by atoms with van der Waals surface area (Å²) in [7, 11) is 0. The van der Waals surface area contributed by atoms with Crippen LogP contribution < -0.4 is 5.32 Å². The van der Waals surface area contributed by atoms with E-state index < -0.39 is 0 Å². The molecule has 1 aliphatic carbocycles. The number of nitrogens with zero attached hydrogens (tertiary/aromatic N) is 3. The Morgan fingerprint density at radius 3 is 2.58 bits per heavy atom. The van der Waals surface area contributed by atoms with Crippen LogP contribution in [0.25, 0.3) is 5.65 Å². The number of hydrogen-bond donors (Lipinski definition) is 1. The van der Waals surface area contributed by atoms with Crippen molar-refractivity contribution in [2.75, 3.05) is 11.9 Å². The SMILES string of the molecule is Cc1ccn2nc(NCC3C(C)(C)C3(C)C)nc2c1. The predicted octanol–water partition coefficient (Wildman–Crippen LogP) is 3.13. The molecule has 0 spiro atoms. The number of hydrogen-bond acceptors (Lipinski definition) is 3.